The lowest BCUT2D eigenvalue weighted by molar-refractivity contribution is -0.0297. The SMILES string of the molecule is c1ccc(COCC2(COCc3ccccc3)CCCC2)cc1. The summed E-state index contributed by atoms with van der Waals surface area (Å²) in [6, 6.07) is 20.8. The van der Waals surface area contributed by atoms with Gasteiger partial charge < -0.3 is 9.47 Å². The largest absolute Gasteiger partial charge is 0.376 e. The fourth-order valence-corrected chi connectivity index (χ4v) is 3.37. The van der Waals surface area contributed by atoms with Crippen molar-refractivity contribution in [2.45, 2.75) is 38.9 Å². The van der Waals surface area contributed by atoms with Gasteiger partial charge in [-0.1, -0.05) is 73.5 Å². The van der Waals surface area contributed by atoms with Gasteiger partial charge in [0.05, 0.1) is 26.4 Å². The Labute approximate surface area is 139 Å². The minimum atomic E-state index is 0.212. The van der Waals surface area contributed by atoms with Gasteiger partial charge in [-0.05, 0) is 24.0 Å². The number of rotatable bonds is 8. The van der Waals surface area contributed by atoms with Gasteiger partial charge in [-0.2, -0.15) is 0 Å². The second kappa shape index (κ2) is 8.28. The monoisotopic (exact) mass is 310 g/mol. The van der Waals surface area contributed by atoms with Gasteiger partial charge in [0.1, 0.15) is 0 Å². The summed E-state index contributed by atoms with van der Waals surface area (Å²) in [5.74, 6) is 0. The van der Waals surface area contributed by atoms with Crippen molar-refractivity contribution >= 4 is 0 Å². The summed E-state index contributed by atoms with van der Waals surface area (Å²) < 4.78 is 12.1. The smallest absolute Gasteiger partial charge is 0.0717 e. The van der Waals surface area contributed by atoms with Crippen LogP contribution in [0.5, 0.6) is 0 Å². The van der Waals surface area contributed by atoms with Gasteiger partial charge in [0.25, 0.3) is 0 Å². The van der Waals surface area contributed by atoms with E-state index in [1.54, 1.807) is 0 Å². The zero-order valence-electron chi connectivity index (χ0n) is 13.7. The maximum atomic E-state index is 6.03. The highest BCUT2D eigenvalue weighted by atomic mass is 16.5. The molecule has 0 aromatic heterocycles. The quantitative estimate of drug-likeness (QED) is 0.684. The average Bonchev–Trinajstić information content (AvgIpc) is 3.06. The standard InChI is InChI=1S/C21H26O2/c1-3-9-19(10-4-1)15-22-17-21(13-7-8-14-21)18-23-16-20-11-5-2-6-12-20/h1-6,9-12H,7-8,13-18H2. The number of ether oxygens (including phenoxy) is 2. The molecule has 1 fully saturated rings. The van der Waals surface area contributed by atoms with Gasteiger partial charge in [0.15, 0.2) is 0 Å². The van der Waals surface area contributed by atoms with Crippen LogP contribution in [0.3, 0.4) is 0 Å². The number of benzene rings is 2. The lowest BCUT2D eigenvalue weighted by atomic mass is 9.88. The van der Waals surface area contributed by atoms with E-state index in [0.29, 0.717) is 13.2 Å². The molecule has 0 amide bonds. The highest BCUT2D eigenvalue weighted by molar-refractivity contribution is 5.14. The highest BCUT2D eigenvalue weighted by Gasteiger charge is 2.34. The molecule has 3 rings (SSSR count). The molecular weight excluding hydrogens is 284 g/mol. The van der Waals surface area contributed by atoms with E-state index in [0.717, 1.165) is 13.2 Å². The molecule has 122 valence electrons. The summed E-state index contributed by atoms with van der Waals surface area (Å²) >= 11 is 0. The summed E-state index contributed by atoms with van der Waals surface area (Å²) in [7, 11) is 0. The van der Waals surface area contributed by atoms with Crippen molar-refractivity contribution in [3.8, 4) is 0 Å². The summed E-state index contributed by atoms with van der Waals surface area (Å²) in [5, 5.41) is 0. The molecule has 0 atom stereocenters. The molecule has 0 N–H and O–H groups in total. The molecule has 1 aliphatic rings. The molecule has 0 unspecified atom stereocenters. The molecule has 2 aromatic rings. The summed E-state index contributed by atoms with van der Waals surface area (Å²) in [6.07, 6.45) is 5.03. The van der Waals surface area contributed by atoms with Gasteiger partial charge in [-0.15, -0.1) is 0 Å². The first kappa shape index (κ1) is 16.2. The topological polar surface area (TPSA) is 18.5 Å². The Hall–Kier alpha value is -1.64. The predicted octanol–water partition coefficient (Wildman–Crippen LogP) is 4.98. The van der Waals surface area contributed by atoms with Gasteiger partial charge in [0, 0.05) is 5.41 Å². The second-order valence-electron chi connectivity index (χ2n) is 6.66. The van der Waals surface area contributed by atoms with E-state index in [-0.39, 0.29) is 5.41 Å². The molecule has 2 heteroatoms. The van der Waals surface area contributed by atoms with Crippen LogP contribution in [-0.4, -0.2) is 13.2 Å². The van der Waals surface area contributed by atoms with Crippen LogP contribution in [0, 0.1) is 5.41 Å². The van der Waals surface area contributed by atoms with Gasteiger partial charge in [-0.25, -0.2) is 0 Å². The lowest BCUT2D eigenvalue weighted by Gasteiger charge is -2.28. The van der Waals surface area contributed by atoms with Crippen molar-refractivity contribution in [3.63, 3.8) is 0 Å². The van der Waals surface area contributed by atoms with Crippen LogP contribution >= 0.6 is 0 Å². The molecule has 0 heterocycles. The molecule has 2 nitrogen and oxygen atoms in total. The molecular formula is C21H26O2. The van der Waals surface area contributed by atoms with Crippen LogP contribution in [0.1, 0.15) is 36.8 Å². The molecule has 0 radical (unpaired) electrons. The van der Waals surface area contributed by atoms with Crippen LogP contribution in [0.15, 0.2) is 60.7 Å². The Morgan fingerprint density at radius 1 is 0.652 bits per heavy atom. The zero-order chi connectivity index (χ0) is 15.8. The van der Waals surface area contributed by atoms with Crippen LogP contribution < -0.4 is 0 Å². The first-order chi connectivity index (χ1) is 11.4. The van der Waals surface area contributed by atoms with E-state index >= 15 is 0 Å². The Morgan fingerprint density at radius 2 is 1.09 bits per heavy atom. The Morgan fingerprint density at radius 3 is 1.52 bits per heavy atom. The fraction of sp³-hybridized carbons (Fsp3) is 0.429. The van der Waals surface area contributed by atoms with Crippen LogP contribution in [-0.2, 0) is 22.7 Å². The molecule has 1 saturated carbocycles. The molecule has 1 aliphatic carbocycles. The minimum Gasteiger partial charge on any atom is -0.376 e. The zero-order valence-corrected chi connectivity index (χ0v) is 13.7. The first-order valence-corrected chi connectivity index (χ1v) is 8.60. The highest BCUT2D eigenvalue weighted by Crippen LogP contribution is 2.39. The third-order valence-electron chi connectivity index (χ3n) is 4.70. The lowest BCUT2D eigenvalue weighted by Crippen LogP contribution is -2.29. The van der Waals surface area contributed by atoms with Gasteiger partial charge in [-0.3, -0.25) is 0 Å². The third-order valence-corrected chi connectivity index (χ3v) is 4.70. The molecule has 2 aromatic carbocycles. The van der Waals surface area contributed by atoms with E-state index < -0.39 is 0 Å². The number of hydrogen-bond acceptors (Lipinski definition) is 2. The van der Waals surface area contributed by atoms with Crippen LogP contribution in [0.2, 0.25) is 0 Å². The first-order valence-electron chi connectivity index (χ1n) is 8.60. The molecule has 0 aliphatic heterocycles. The van der Waals surface area contributed by atoms with E-state index in [1.807, 2.05) is 12.1 Å². The van der Waals surface area contributed by atoms with Crippen molar-refractivity contribution in [1.82, 2.24) is 0 Å². The van der Waals surface area contributed by atoms with E-state index in [4.69, 9.17) is 9.47 Å². The Balaban J connectivity index is 1.47. The molecule has 0 bridgehead atoms. The van der Waals surface area contributed by atoms with Crippen LogP contribution in [0.25, 0.3) is 0 Å². The fourth-order valence-electron chi connectivity index (χ4n) is 3.37. The third kappa shape index (κ3) is 4.92. The van der Waals surface area contributed by atoms with Crippen molar-refractivity contribution < 1.29 is 9.47 Å². The minimum absolute atomic E-state index is 0.212. The van der Waals surface area contributed by atoms with E-state index in [2.05, 4.69) is 48.5 Å². The van der Waals surface area contributed by atoms with Crippen LogP contribution in [0.4, 0.5) is 0 Å². The maximum Gasteiger partial charge on any atom is 0.0717 e. The van der Waals surface area contributed by atoms with E-state index in [9.17, 15) is 0 Å². The summed E-state index contributed by atoms with van der Waals surface area (Å²) in [6.45, 7) is 3.00. The Kier molecular flexibility index (Phi) is 5.84. The van der Waals surface area contributed by atoms with Crippen molar-refractivity contribution in [2.75, 3.05) is 13.2 Å². The molecule has 0 saturated heterocycles. The summed E-state index contributed by atoms with van der Waals surface area (Å²) in [4.78, 5) is 0. The van der Waals surface area contributed by atoms with Gasteiger partial charge in [0.2, 0.25) is 0 Å². The molecule has 23 heavy (non-hydrogen) atoms. The van der Waals surface area contributed by atoms with Crippen molar-refractivity contribution in [1.29, 1.82) is 0 Å². The maximum absolute atomic E-state index is 6.03. The second-order valence-corrected chi connectivity index (χ2v) is 6.66. The van der Waals surface area contributed by atoms with E-state index in [1.165, 1.54) is 36.8 Å². The normalized spacial score (nSPS) is 16.5. The average molecular weight is 310 g/mol. The Bertz CT molecular complexity index is 511. The van der Waals surface area contributed by atoms with Gasteiger partial charge >= 0.3 is 0 Å². The predicted molar refractivity (Wildman–Crippen MR) is 93.1 cm³/mol. The van der Waals surface area contributed by atoms with Crippen molar-refractivity contribution in [2.24, 2.45) is 5.41 Å². The summed E-state index contributed by atoms with van der Waals surface area (Å²) in [5.41, 5.74) is 2.69. The molecule has 0 spiro atoms. The van der Waals surface area contributed by atoms with Crippen molar-refractivity contribution in [3.05, 3.63) is 71.8 Å². The number of hydrogen-bond donors (Lipinski definition) is 0.